The molecule has 0 amide bonds. The fourth-order valence-electron chi connectivity index (χ4n) is 6.59. The molecule has 4 saturated carbocycles. The summed E-state index contributed by atoms with van der Waals surface area (Å²) in [5.74, 6) is 4.51. The van der Waals surface area contributed by atoms with Crippen molar-refractivity contribution in [1.82, 2.24) is 13.9 Å². The van der Waals surface area contributed by atoms with Gasteiger partial charge < -0.3 is 0 Å². The molecular formula is C16H13N3O2. The van der Waals surface area contributed by atoms with E-state index < -0.39 is 0 Å². The minimum atomic E-state index is -0.128. The highest BCUT2D eigenvalue weighted by molar-refractivity contribution is 5.38. The highest BCUT2D eigenvalue weighted by Crippen LogP contribution is 2.91. The SMILES string of the molecule is O=c1n(-c2ccccc2)c(=O)n2n1C1C3C4C5C1C5C2C43. The highest BCUT2D eigenvalue weighted by atomic mass is 16.2. The third-order valence-corrected chi connectivity index (χ3v) is 6.99. The quantitative estimate of drug-likeness (QED) is 0.769. The first-order valence-corrected chi connectivity index (χ1v) is 7.82. The van der Waals surface area contributed by atoms with E-state index in [4.69, 9.17) is 0 Å². The maximum atomic E-state index is 12.9. The van der Waals surface area contributed by atoms with Crippen molar-refractivity contribution in [3.05, 3.63) is 51.3 Å². The van der Waals surface area contributed by atoms with Crippen LogP contribution >= 0.6 is 0 Å². The highest BCUT2D eigenvalue weighted by Gasteiger charge is 2.90. The van der Waals surface area contributed by atoms with Gasteiger partial charge in [0.1, 0.15) is 0 Å². The predicted molar refractivity (Wildman–Crippen MR) is 73.3 cm³/mol. The minimum absolute atomic E-state index is 0.128. The molecule has 0 radical (unpaired) electrons. The lowest BCUT2D eigenvalue weighted by molar-refractivity contribution is 0.112. The third kappa shape index (κ3) is 0.753. The zero-order valence-electron chi connectivity index (χ0n) is 11.2. The van der Waals surface area contributed by atoms with Gasteiger partial charge in [-0.2, -0.15) is 0 Å². The van der Waals surface area contributed by atoms with Crippen molar-refractivity contribution in [2.45, 2.75) is 12.1 Å². The largest absolute Gasteiger partial charge is 0.352 e. The number of hydrogen-bond acceptors (Lipinski definition) is 2. The van der Waals surface area contributed by atoms with Crippen LogP contribution in [0.15, 0.2) is 39.9 Å². The van der Waals surface area contributed by atoms with Crippen LogP contribution in [0.25, 0.3) is 5.69 Å². The lowest BCUT2D eigenvalue weighted by Gasteiger charge is -2.36. The van der Waals surface area contributed by atoms with E-state index in [0.717, 1.165) is 11.8 Å². The molecule has 4 fully saturated rings. The number of benzene rings is 1. The summed E-state index contributed by atoms with van der Waals surface area (Å²) in [7, 11) is 0. The molecule has 0 spiro atoms. The summed E-state index contributed by atoms with van der Waals surface area (Å²) >= 11 is 0. The molecule has 0 N–H and O–H groups in total. The first-order valence-electron chi connectivity index (χ1n) is 7.82. The summed E-state index contributed by atoms with van der Waals surface area (Å²) in [4.78, 5) is 25.7. The molecule has 1 aromatic heterocycles. The Bertz CT molecular complexity index is 875. The van der Waals surface area contributed by atoms with Crippen LogP contribution in [0.4, 0.5) is 0 Å². The molecule has 3 heterocycles. The summed E-state index contributed by atoms with van der Waals surface area (Å²) < 4.78 is 5.02. The Morgan fingerprint density at radius 3 is 1.62 bits per heavy atom. The molecule has 2 aromatic rings. The Labute approximate surface area is 119 Å². The van der Waals surface area contributed by atoms with Gasteiger partial charge in [-0.05, 0) is 47.6 Å². The maximum absolute atomic E-state index is 12.9. The van der Waals surface area contributed by atoms with Crippen LogP contribution < -0.4 is 11.4 Å². The molecule has 1 aromatic carbocycles. The van der Waals surface area contributed by atoms with Gasteiger partial charge in [-0.1, -0.05) is 18.2 Å². The number of hydrogen-bond donors (Lipinski definition) is 0. The maximum Gasteiger partial charge on any atom is 0.352 e. The van der Waals surface area contributed by atoms with Crippen molar-refractivity contribution in [3.63, 3.8) is 0 Å². The van der Waals surface area contributed by atoms with Gasteiger partial charge in [-0.15, -0.1) is 0 Å². The van der Waals surface area contributed by atoms with Crippen LogP contribution in [0.5, 0.6) is 0 Å². The van der Waals surface area contributed by atoms with Crippen molar-refractivity contribution < 1.29 is 0 Å². The zero-order valence-corrected chi connectivity index (χ0v) is 11.2. The summed E-state index contributed by atoms with van der Waals surface area (Å²) in [5.41, 5.74) is 0.434. The van der Waals surface area contributed by atoms with Gasteiger partial charge in [-0.3, -0.25) is 0 Å². The van der Waals surface area contributed by atoms with Gasteiger partial charge in [0.05, 0.1) is 17.8 Å². The number of nitrogens with zero attached hydrogens (tertiary/aromatic N) is 3. The molecule has 5 nitrogen and oxygen atoms in total. The Hall–Kier alpha value is -2.04. The molecule has 4 aliphatic carbocycles. The molecule has 2 aliphatic heterocycles. The number of rotatable bonds is 1. The van der Waals surface area contributed by atoms with Crippen molar-refractivity contribution in [1.29, 1.82) is 0 Å². The van der Waals surface area contributed by atoms with Gasteiger partial charge in [0, 0.05) is 0 Å². The lowest BCUT2D eigenvalue weighted by Crippen LogP contribution is -2.45. The van der Waals surface area contributed by atoms with Gasteiger partial charge >= 0.3 is 11.4 Å². The van der Waals surface area contributed by atoms with Crippen LogP contribution in [0.2, 0.25) is 0 Å². The fraction of sp³-hybridized carbons (Fsp3) is 0.500. The van der Waals surface area contributed by atoms with Gasteiger partial charge in [0.15, 0.2) is 0 Å². The average Bonchev–Trinajstić information content (AvgIpc) is 3.32. The fourth-order valence-corrected chi connectivity index (χ4v) is 6.59. The molecule has 4 atom stereocenters. The molecular weight excluding hydrogens is 266 g/mol. The first kappa shape index (κ1) is 9.82. The van der Waals surface area contributed by atoms with Crippen LogP contribution in [-0.4, -0.2) is 13.9 Å². The van der Waals surface area contributed by atoms with E-state index in [1.165, 1.54) is 4.57 Å². The summed E-state index contributed by atoms with van der Waals surface area (Å²) in [6, 6.07) is 9.97. The van der Waals surface area contributed by atoms with Crippen LogP contribution in [-0.2, 0) is 0 Å². The van der Waals surface area contributed by atoms with E-state index in [9.17, 15) is 9.59 Å². The summed E-state index contributed by atoms with van der Waals surface area (Å²) in [5, 5.41) is 0. The molecule has 4 unspecified atom stereocenters. The van der Waals surface area contributed by atoms with Crippen LogP contribution in [0, 0.1) is 35.5 Å². The van der Waals surface area contributed by atoms with E-state index >= 15 is 0 Å². The second kappa shape index (κ2) is 2.56. The van der Waals surface area contributed by atoms with E-state index in [-0.39, 0.29) is 11.4 Å². The number of aromatic nitrogens is 3. The molecule has 6 aliphatic rings. The Morgan fingerprint density at radius 1 is 0.667 bits per heavy atom. The second-order valence-corrected chi connectivity index (χ2v) is 7.37. The van der Waals surface area contributed by atoms with Crippen molar-refractivity contribution in [2.24, 2.45) is 35.5 Å². The van der Waals surface area contributed by atoms with E-state index in [2.05, 4.69) is 0 Å². The lowest BCUT2D eigenvalue weighted by atomic mass is 9.89. The van der Waals surface area contributed by atoms with Crippen molar-refractivity contribution >= 4 is 0 Å². The molecule has 8 rings (SSSR count). The monoisotopic (exact) mass is 279 g/mol. The van der Waals surface area contributed by atoms with Gasteiger partial charge in [-0.25, -0.2) is 23.5 Å². The number of para-hydroxylation sites is 1. The minimum Gasteiger partial charge on any atom is -0.245 e. The Kier molecular flexibility index (Phi) is 1.19. The van der Waals surface area contributed by atoms with Crippen LogP contribution in [0.1, 0.15) is 12.1 Å². The normalized spacial score (nSPS) is 48.4. The Balaban J connectivity index is 1.59. The molecule has 2 bridgehead atoms. The van der Waals surface area contributed by atoms with Gasteiger partial charge in [0.2, 0.25) is 0 Å². The molecule has 21 heavy (non-hydrogen) atoms. The Morgan fingerprint density at radius 2 is 1.14 bits per heavy atom. The third-order valence-electron chi connectivity index (χ3n) is 6.99. The summed E-state index contributed by atoms with van der Waals surface area (Å²) in [6.07, 6.45) is 0. The van der Waals surface area contributed by atoms with Gasteiger partial charge in [0.25, 0.3) is 0 Å². The zero-order chi connectivity index (χ0) is 13.6. The molecule has 0 saturated heterocycles. The predicted octanol–water partition coefficient (Wildman–Crippen LogP) is 0.648. The van der Waals surface area contributed by atoms with E-state index in [1.54, 1.807) is 0 Å². The average molecular weight is 279 g/mol. The standard InChI is InChI=1S/C16H13N3O2/c20-15-17(6-4-2-1-3-5-6)16(21)19-14-10-7-8-11(12(8)14)13(9(7)10)18(15)19/h1-5,7-14H. The summed E-state index contributed by atoms with van der Waals surface area (Å²) in [6.45, 7) is 0. The van der Waals surface area contributed by atoms with Crippen molar-refractivity contribution in [2.75, 3.05) is 0 Å². The van der Waals surface area contributed by atoms with E-state index in [1.807, 2.05) is 39.7 Å². The van der Waals surface area contributed by atoms with Crippen molar-refractivity contribution in [3.8, 4) is 5.69 Å². The second-order valence-electron chi connectivity index (χ2n) is 7.37. The molecule has 5 heteroatoms. The molecule has 104 valence electrons. The van der Waals surface area contributed by atoms with Crippen LogP contribution in [0.3, 0.4) is 0 Å². The first-order chi connectivity index (χ1) is 10.3. The van der Waals surface area contributed by atoms with E-state index in [0.29, 0.717) is 41.4 Å². The topological polar surface area (TPSA) is 48.9 Å². The smallest absolute Gasteiger partial charge is 0.245 e.